The third-order valence-electron chi connectivity index (χ3n) is 2.49. The van der Waals surface area contributed by atoms with Gasteiger partial charge in [-0.3, -0.25) is 4.79 Å². The van der Waals surface area contributed by atoms with E-state index >= 15 is 0 Å². The number of ketones is 1. The standard InChI is InChI=1S/C13H11N3O/c14-10-13-15-7-9-16(13)8-6-12(17)11-4-2-1-3-5-11/h1-5,7,9H,6,8H2. The minimum absolute atomic E-state index is 0.0724. The molecule has 0 fully saturated rings. The van der Waals surface area contributed by atoms with Gasteiger partial charge in [-0.15, -0.1) is 0 Å². The van der Waals surface area contributed by atoms with Crippen molar-refractivity contribution in [3.05, 3.63) is 54.1 Å². The molecule has 2 aromatic rings. The maximum Gasteiger partial charge on any atom is 0.212 e. The number of imidazole rings is 1. The van der Waals surface area contributed by atoms with Gasteiger partial charge in [0.2, 0.25) is 5.82 Å². The van der Waals surface area contributed by atoms with E-state index in [9.17, 15) is 4.79 Å². The molecule has 2 rings (SSSR count). The third-order valence-corrected chi connectivity index (χ3v) is 2.49. The quantitative estimate of drug-likeness (QED) is 0.748. The number of aromatic nitrogens is 2. The SMILES string of the molecule is N#Cc1nccn1CCC(=O)c1ccccc1. The molecule has 1 heterocycles. The molecule has 0 spiro atoms. The van der Waals surface area contributed by atoms with Gasteiger partial charge in [0, 0.05) is 30.9 Å². The molecule has 0 unspecified atom stereocenters. The largest absolute Gasteiger partial charge is 0.322 e. The fourth-order valence-electron chi connectivity index (χ4n) is 1.59. The Morgan fingerprint density at radius 1 is 1.35 bits per heavy atom. The second-order valence-electron chi connectivity index (χ2n) is 3.60. The Morgan fingerprint density at radius 3 is 2.82 bits per heavy atom. The highest BCUT2D eigenvalue weighted by molar-refractivity contribution is 5.95. The summed E-state index contributed by atoms with van der Waals surface area (Å²) in [5, 5.41) is 8.77. The first-order valence-electron chi connectivity index (χ1n) is 5.31. The van der Waals surface area contributed by atoms with E-state index < -0.39 is 0 Å². The molecule has 0 aliphatic heterocycles. The van der Waals surface area contributed by atoms with Gasteiger partial charge in [-0.05, 0) is 0 Å². The van der Waals surface area contributed by atoms with E-state index in [0.29, 0.717) is 24.4 Å². The van der Waals surface area contributed by atoms with Crippen LogP contribution in [0.5, 0.6) is 0 Å². The molecule has 0 saturated carbocycles. The Morgan fingerprint density at radius 2 is 2.12 bits per heavy atom. The van der Waals surface area contributed by atoms with Gasteiger partial charge >= 0.3 is 0 Å². The van der Waals surface area contributed by atoms with Gasteiger partial charge in [0.05, 0.1) is 0 Å². The van der Waals surface area contributed by atoms with E-state index in [4.69, 9.17) is 5.26 Å². The van der Waals surface area contributed by atoms with Crippen molar-refractivity contribution in [2.24, 2.45) is 0 Å². The van der Waals surface area contributed by atoms with Crippen molar-refractivity contribution < 1.29 is 4.79 Å². The number of hydrogen-bond acceptors (Lipinski definition) is 3. The molecule has 1 aromatic carbocycles. The number of rotatable bonds is 4. The molecule has 0 aliphatic rings. The Labute approximate surface area is 99.1 Å². The summed E-state index contributed by atoms with van der Waals surface area (Å²) >= 11 is 0. The summed E-state index contributed by atoms with van der Waals surface area (Å²) in [6.45, 7) is 0.483. The van der Waals surface area contributed by atoms with Crippen LogP contribution in [0.3, 0.4) is 0 Å². The number of Topliss-reactive ketones (excluding diaryl/α,β-unsaturated/α-hetero) is 1. The van der Waals surface area contributed by atoms with Gasteiger partial charge in [-0.2, -0.15) is 5.26 Å². The lowest BCUT2D eigenvalue weighted by Crippen LogP contribution is -2.07. The average Bonchev–Trinajstić information content (AvgIpc) is 2.84. The van der Waals surface area contributed by atoms with E-state index in [-0.39, 0.29) is 5.78 Å². The van der Waals surface area contributed by atoms with Crippen LogP contribution >= 0.6 is 0 Å². The van der Waals surface area contributed by atoms with Crippen LogP contribution in [0.1, 0.15) is 22.6 Å². The van der Waals surface area contributed by atoms with Crippen LogP contribution in [0.25, 0.3) is 0 Å². The number of benzene rings is 1. The molecule has 17 heavy (non-hydrogen) atoms. The fraction of sp³-hybridized carbons (Fsp3) is 0.154. The molecule has 1 aromatic heterocycles. The average molecular weight is 225 g/mol. The molecule has 0 atom stereocenters. The van der Waals surface area contributed by atoms with Crippen LogP contribution in [0.15, 0.2) is 42.7 Å². The molecule has 0 aliphatic carbocycles. The van der Waals surface area contributed by atoms with Gasteiger partial charge in [0.15, 0.2) is 5.78 Å². The minimum atomic E-state index is 0.0724. The molecule has 0 N–H and O–H groups in total. The molecule has 4 heteroatoms. The van der Waals surface area contributed by atoms with E-state index in [1.165, 1.54) is 0 Å². The number of nitriles is 1. The Hall–Kier alpha value is -2.41. The molecule has 84 valence electrons. The summed E-state index contributed by atoms with van der Waals surface area (Å²) in [6, 6.07) is 11.1. The third kappa shape index (κ3) is 2.58. The van der Waals surface area contributed by atoms with E-state index in [2.05, 4.69) is 4.98 Å². The zero-order valence-corrected chi connectivity index (χ0v) is 9.21. The maximum atomic E-state index is 11.8. The second kappa shape index (κ2) is 5.08. The first-order valence-corrected chi connectivity index (χ1v) is 5.31. The Balaban J connectivity index is 2.00. The number of carbonyl (C=O) groups is 1. The first kappa shape index (κ1) is 11.1. The number of nitrogens with zero attached hydrogens (tertiary/aromatic N) is 3. The monoisotopic (exact) mass is 225 g/mol. The van der Waals surface area contributed by atoms with Crippen LogP contribution in [-0.4, -0.2) is 15.3 Å². The van der Waals surface area contributed by atoms with Crippen LogP contribution in [-0.2, 0) is 6.54 Å². The van der Waals surface area contributed by atoms with Gasteiger partial charge < -0.3 is 4.57 Å². The van der Waals surface area contributed by atoms with E-state index in [1.54, 1.807) is 29.1 Å². The van der Waals surface area contributed by atoms with Crippen molar-refractivity contribution in [2.75, 3.05) is 0 Å². The van der Waals surface area contributed by atoms with Crippen LogP contribution in [0.4, 0.5) is 0 Å². The summed E-state index contributed by atoms with van der Waals surface area (Å²) in [6.07, 6.45) is 3.64. The van der Waals surface area contributed by atoms with Gasteiger partial charge in [0.25, 0.3) is 0 Å². The lowest BCUT2D eigenvalue weighted by atomic mass is 10.1. The first-order chi connectivity index (χ1) is 8.31. The highest BCUT2D eigenvalue weighted by atomic mass is 16.1. The summed E-state index contributed by atoms with van der Waals surface area (Å²) in [5.74, 6) is 0.411. The predicted molar refractivity (Wildman–Crippen MR) is 62.3 cm³/mol. The van der Waals surface area contributed by atoms with Crippen molar-refractivity contribution in [3.63, 3.8) is 0 Å². The van der Waals surface area contributed by atoms with Crippen molar-refractivity contribution in [3.8, 4) is 6.07 Å². The smallest absolute Gasteiger partial charge is 0.212 e. The predicted octanol–water partition coefficient (Wildman–Crippen LogP) is 2.03. The van der Waals surface area contributed by atoms with Gasteiger partial charge in [-0.25, -0.2) is 4.98 Å². The summed E-state index contributed by atoms with van der Waals surface area (Å²) < 4.78 is 1.68. The van der Waals surface area contributed by atoms with Gasteiger partial charge in [-0.1, -0.05) is 30.3 Å². The summed E-state index contributed by atoms with van der Waals surface area (Å²) in [5.41, 5.74) is 0.700. The Kier molecular flexibility index (Phi) is 3.31. The summed E-state index contributed by atoms with van der Waals surface area (Å²) in [7, 11) is 0. The highest BCUT2D eigenvalue weighted by Gasteiger charge is 2.07. The van der Waals surface area contributed by atoms with Crippen molar-refractivity contribution >= 4 is 5.78 Å². The van der Waals surface area contributed by atoms with Crippen LogP contribution < -0.4 is 0 Å². The molecular formula is C13H11N3O. The summed E-state index contributed by atoms with van der Waals surface area (Å²) in [4.78, 5) is 15.7. The zero-order chi connectivity index (χ0) is 12.1. The maximum absolute atomic E-state index is 11.8. The topological polar surface area (TPSA) is 58.7 Å². The number of aryl methyl sites for hydroxylation is 1. The molecule has 4 nitrogen and oxygen atoms in total. The van der Waals surface area contributed by atoms with Crippen LogP contribution in [0.2, 0.25) is 0 Å². The molecule has 0 radical (unpaired) electrons. The highest BCUT2D eigenvalue weighted by Crippen LogP contribution is 2.05. The number of carbonyl (C=O) groups excluding carboxylic acids is 1. The molecule has 0 saturated heterocycles. The number of hydrogen-bond donors (Lipinski definition) is 0. The minimum Gasteiger partial charge on any atom is -0.322 e. The fourth-order valence-corrected chi connectivity index (χ4v) is 1.59. The van der Waals surface area contributed by atoms with Crippen molar-refractivity contribution in [2.45, 2.75) is 13.0 Å². The zero-order valence-electron chi connectivity index (χ0n) is 9.21. The molecule has 0 bridgehead atoms. The van der Waals surface area contributed by atoms with Gasteiger partial charge in [0.1, 0.15) is 6.07 Å². The normalized spacial score (nSPS) is 9.82. The Bertz CT molecular complexity index is 552. The lowest BCUT2D eigenvalue weighted by molar-refractivity contribution is 0.0977. The van der Waals surface area contributed by atoms with E-state index in [0.717, 1.165) is 0 Å². The van der Waals surface area contributed by atoms with Crippen molar-refractivity contribution in [1.82, 2.24) is 9.55 Å². The second-order valence-corrected chi connectivity index (χ2v) is 3.60. The van der Waals surface area contributed by atoms with Crippen LogP contribution in [0, 0.1) is 11.3 Å². The van der Waals surface area contributed by atoms with E-state index in [1.807, 2.05) is 24.3 Å². The molecular weight excluding hydrogens is 214 g/mol. The molecule has 0 amide bonds. The van der Waals surface area contributed by atoms with Crippen molar-refractivity contribution in [1.29, 1.82) is 5.26 Å². The lowest BCUT2D eigenvalue weighted by Gasteiger charge is -2.03.